The van der Waals surface area contributed by atoms with Gasteiger partial charge in [0.1, 0.15) is 17.5 Å². The first-order valence-electron chi connectivity index (χ1n) is 11.8. The van der Waals surface area contributed by atoms with Gasteiger partial charge in [0, 0.05) is 30.6 Å². The van der Waals surface area contributed by atoms with Crippen molar-refractivity contribution < 1.29 is 14.6 Å². The minimum Gasteiger partial charge on any atom is -0.390 e. The Morgan fingerprint density at radius 2 is 2.15 bits per heavy atom. The number of ether oxygens (including phenoxy) is 1. The molecule has 0 aromatic carbocycles. The summed E-state index contributed by atoms with van der Waals surface area (Å²) in [5.41, 5.74) is 0.813. The second-order valence-corrected chi connectivity index (χ2v) is 9.40. The van der Waals surface area contributed by atoms with Gasteiger partial charge in [0.15, 0.2) is 0 Å². The highest BCUT2D eigenvalue weighted by Crippen LogP contribution is 2.32. The van der Waals surface area contributed by atoms with Gasteiger partial charge in [0.2, 0.25) is 5.91 Å². The van der Waals surface area contributed by atoms with Crippen molar-refractivity contribution in [3.05, 3.63) is 39.8 Å². The van der Waals surface area contributed by atoms with E-state index in [1.807, 2.05) is 19.1 Å². The first-order chi connectivity index (χ1) is 15.9. The third-order valence-electron chi connectivity index (χ3n) is 7.10. The number of hydrogen-bond donors (Lipinski definition) is 4. The van der Waals surface area contributed by atoms with Crippen molar-refractivity contribution in [1.29, 1.82) is 5.26 Å². The maximum absolute atomic E-state index is 12.9. The third-order valence-corrected chi connectivity index (χ3v) is 7.10. The van der Waals surface area contributed by atoms with Crippen LogP contribution >= 0.6 is 0 Å². The molecule has 2 aliphatic heterocycles. The van der Waals surface area contributed by atoms with E-state index >= 15 is 0 Å². The molecule has 1 aromatic heterocycles. The molecule has 0 radical (unpaired) electrons. The maximum atomic E-state index is 12.9. The van der Waals surface area contributed by atoms with Gasteiger partial charge in [-0.1, -0.05) is 12.5 Å². The van der Waals surface area contributed by atoms with Crippen molar-refractivity contribution in [2.45, 2.75) is 69.4 Å². The standard InChI is InChI=1S/C24H33N5O4/c1-14(27-19-7-6-17(12-25)29(2)24(19)32)18-9-15-10-21(30)22(11-20(15)28-23(18)31)33-13-16-5-3-4-8-26-16/h6-7,9,14-16,20-22,26-27,30H,3-5,8,10-11,13H2,1-2H3,(H,28,31)/t14-,15?,16?,20?,21?,22?/m0/s1. The lowest BCUT2D eigenvalue weighted by Crippen LogP contribution is -2.54. The lowest BCUT2D eigenvalue weighted by molar-refractivity contribution is -0.122. The Kier molecular flexibility index (Phi) is 7.17. The Morgan fingerprint density at radius 3 is 2.88 bits per heavy atom. The molecule has 4 N–H and O–H groups in total. The molecule has 4 rings (SSSR count). The Morgan fingerprint density at radius 1 is 1.33 bits per heavy atom. The van der Waals surface area contributed by atoms with Crippen molar-refractivity contribution in [3.63, 3.8) is 0 Å². The first-order valence-corrected chi connectivity index (χ1v) is 11.8. The van der Waals surface area contributed by atoms with Gasteiger partial charge in [-0.25, -0.2) is 0 Å². The van der Waals surface area contributed by atoms with E-state index in [4.69, 9.17) is 10.00 Å². The number of fused-ring (bicyclic) bond motifs is 1. The molecular weight excluding hydrogens is 422 g/mol. The van der Waals surface area contributed by atoms with E-state index in [2.05, 4.69) is 16.0 Å². The van der Waals surface area contributed by atoms with Crippen molar-refractivity contribution in [2.75, 3.05) is 18.5 Å². The number of carbonyl (C=O) groups excluding carboxylic acids is 1. The molecule has 2 fully saturated rings. The van der Waals surface area contributed by atoms with Crippen LogP contribution in [0.3, 0.4) is 0 Å². The minimum atomic E-state index is -0.587. The van der Waals surface area contributed by atoms with Crippen molar-refractivity contribution >= 4 is 11.6 Å². The average Bonchev–Trinajstić information content (AvgIpc) is 2.81. The molecule has 0 spiro atoms. The van der Waals surface area contributed by atoms with E-state index in [0.717, 1.165) is 13.0 Å². The Labute approximate surface area is 193 Å². The van der Waals surface area contributed by atoms with E-state index in [0.29, 0.717) is 36.8 Å². The number of nitrogens with zero attached hydrogens (tertiary/aromatic N) is 2. The largest absolute Gasteiger partial charge is 0.390 e. The number of aliphatic hydroxyl groups excluding tert-OH is 1. The van der Waals surface area contributed by atoms with Gasteiger partial charge < -0.3 is 30.4 Å². The smallest absolute Gasteiger partial charge is 0.274 e. The molecule has 33 heavy (non-hydrogen) atoms. The number of piperidine rings is 1. The molecule has 1 amide bonds. The van der Waals surface area contributed by atoms with Gasteiger partial charge in [-0.2, -0.15) is 5.26 Å². The zero-order valence-electron chi connectivity index (χ0n) is 19.2. The molecule has 0 bridgehead atoms. The van der Waals surface area contributed by atoms with Crippen LogP contribution in [0.4, 0.5) is 5.69 Å². The predicted octanol–water partition coefficient (Wildman–Crippen LogP) is 0.780. The van der Waals surface area contributed by atoms with E-state index < -0.39 is 12.1 Å². The van der Waals surface area contributed by atoms with Crippen molar-refractivity contribution in [3.8, 4) is 6.07 Å². The highest BCUT2D eigenvalue weighted by atomic mass is 16.5. The minimum absolute atomic E-state index is 0.00778. The number of carbonyl (C=O) groups is 1. The summed E-state index contributed by atoms with van der Waals surface area (Å²) in [6.07, 6.45) is 5.62. The van der Waals surface area contributed by atoms with E-state index in [-0.39, 0.29) is 35.2 Å². The van der Waals surface area contributed by atoms with E-state index in [9.17, 15) is 14.7 Å². The number of anilines is 1. The number of hydrogen-bond acceptors (Lipinski definition) is 7. The van der Waals surface area contributed by atoms with E-state index in [1.54, 1.807) is 19.2 Å². The van der Waals surface area contributed by atoms with E-state index in [1.165, 1.54) is 17.4 Å². The molecule has 3 heterocycles. The highest BCUT2D eigenvalue weighted by Gasteiger charge is 2.40. The highest BCUT2D eigenvalue weighted by molar-refractivity contribution is 5.96. The first kappa shape index (κ1) is 23.5. The second kappa shape index (κ2) is 10.1. The van der Waals surface area contributed by atoms with Crippen LogP contribution in [0.1, 0.15) is 44.7 Å². The topological polar surface area (TPSA) is 128 Å². The summed E-state index contributed by atoms with van der Waals surface area (Å²) in [6.45, 7) is 3.41. The fraction of sp³-hybridized carbons (Fsp3) is 0.625. The quantitative estimate of drug-likeness (QED) is 0.499. The van der Waals surface area contributed by atoms with Crippen LogP contribution < -0.4 is 21.5 Å². The molecule has 1 aromatic rings. The van der Waals surface area contributed by atoms with Crippen LogP contribution in [-0.4, -0.2) is 59.1 Å². The summed E-state index contributed by atoms with van der Waals surface area (Å²) in [5, 5.41) is 29.4. The third kappa shape index (κ3) is 5.13. The number of aromatic nitrogens is 1. The maximum Gasteiger partial charge on any atom is 0.274 e. The average molecular weight is 456 g/mol. The lowest BCUT2D eigenvalue weighted by Gasteiger charge is -2.42. The summed E-state index contributed by atoms with van der Waals surface area (Å²) >= 11 is 0. The van der Waals surface area contributed by atoms with Crippen LogP contribution in [0.15, 0.2) is 28.6 Å². The van der Waals surface area contributed by atoms with Crippen LogP contribution in [0.25, 0.3) is 0 Å². The van der Waals surface area contributed by atoms with Gasteiger partial charge in [-0.05, 0) is 51.3 Å². The summed E-state index contributed by atoms with van der Waals surface area (Å²) < 4.78 is 7.34. The predicted molar refractivity (Wildman–Crippen MR) is 124 cm³/mol. The number of rotatable bonds is 6. The fourth-order valence-corrected chi connectivity index (χ4v) is 5.08. The molecule has 5 unspecified atom stereocenters. The Balaban J connectivity index is 1.40. The SMILES string of the molecule is C[C@H](Nc1ccc(C#N)n(C)c1=O)C1=CC2CC(O)C(OCC3CCCCN3)CC2NC1=O. The molecule has 3 aliphatic rings. The normalized spacial score (nSPS) is 30.4. The molecule has 6 atom stereocenters. The van der Waals surface area contributed by atoms with Crippen molar-refractivity contribution in [1.82, 2.24) is 15.2 Å². The monoisotopic (exact) mass is 455 g/mol. The van der Waals surface area contributed by atoms with Gasteiger partial charge in [-0.15, -0.1) is 0 Å². The Hall–Kier alpha value is -2.67. The van der Waals surface area contributed by atoms with Gasteiger partial charge in [-0.3, -0.25) is 9.59 Å². The summed E-state index contributed by atoms with van der Waals surface area (Å²) in [5.74, 6) is -0.167. The van der Waals surface area contributed by atoms with Crippen LogP contribution in [-0.2, 0) is 16.6 Å². The molecule has 1 saturated heterocycles. The number of aliphatic hydroxyl groups is 1. The lowest BCUT2D eigenvalue weighted by atomic mass is 9.77. The zero-order chi connectivity index (χ0) is 23.5. The zero-order valence-corrected chi connectivity index (χ0v) is 19.2. The van der Waals surface area contributed by atoms with Gasteiger partial charge >= 0.3 is 0 Å². The van der Waals surface area contributed by atoms with Crippen LogP contribution in [0.5, 0.6) is 0 Å². The number of pyridine rings is 1. The number of nitrogens with one attached hydrogen (secondary N) is 3. The number of amides is 1. The molecule has 178 valence electrons. The number of nitriles is 1. The second-order valence-electron chi connectivity index (χ2n) is 9.40. The van der Waals surface area contributed by atoms with Crippen molar-refractivity contribution in [2.24, 2.45) is 13.0 Å². The fourth-order valence-electron chi connectivity index (χ4n) is 5.08. The Bertz CT molecular complexity index is 1010. The molecule has 9 heteroatoms. The van der Waals surface area contributed by atoms with Crippen LogP contribution in [0.2, 0.25) is 0 Å². The molecule has 1 saturated carbocycles. The van der Waals surface area contributed by atoms with Crippen LogP contribution in [0, 0.1) is 17.2 Å². The summed E-state index contributed by atoms with van der Waals surface area (Å²) in [4.78, 5) is 25.4. The molecule has 1 aliphatic carbocycles. The summed E-state index contributed by atoms with van der Waals surface area (Å²) in [7, 11) is 1.54. The van der Waals surface area contributed by atoms with Gasteiger partial charge in [0.25, 0.3) is 5.56 Å². The van der Waals surface area contributed by atoms with Gasteiger partial charge in [0.05, 0.1) is 24.9 Å². The molecular formula is C24H33N5O4. The molecule has 9 nitrogen and oxygen atoms in total. The summed E-state index contributed by atoms with van der Waals surface area (Å²) in [6, 6.07) is 4.96.